The number of aromatic nitrogens is 1. The molecule has 1 heterocycles. The molecule has 1 aromatic rings. The molecule has 0 saturated carbocycles. The van der Waals surface area contributed by atoms with Gasteiger partial charge in [0.25, 0.3) is 5.91 Å². The molecule has 0 bridgehead atoms. The van der Waals surface area contributed by atoms with Gasteiger partial charge < -0.3 is 5.32 Å². The van der Waals surface area contributed by atoms with Crippen LogP contribution in [0.5, 0.6) is 0 Å². The number of unbranched alkanes of at least 4 members (excludes halogenated alkanes) is 3. The fourth-order valence-corrected chi connectivity index (χ4v) is 1.97. The third kappa shape index (κ3) is 6.03. The summed E-state index contributed by atoms with van der Waals surface area (Å²) in [5.74, 6) is 0.645. The normalized spacial score (nSPS) is 10.2. The lowest BCUT2D eigenvalue weighted by atomic mass is 10.2. The summed E-state index contributed by atoms with van der Waals surface area (Å²) in [6, 6.07) is 1.76. The van der Waals surface area contributed by atoms with Crippen molar-refractivity contribution in [1.82, 2.24) is 10.3 Å². The number of halogens is 2. The van der Waals surface area contributed by atoms with Crippen LogP contribution < -0.4 is 5.32 Å². The second kappa shape index (κ2) is 8.48. The van der Waals surface area contributed by atoms with E-state index in [4.69, 9.17) is 11.6 Å². The molecule has 0 aliphatic rings. The fourth-order valence-electron chi connectivity index (χ4n) is 1.41. The van der Waals surface area contributed by atoms with Crippen LogP contribution in [0, 0.1) is 0 Å². The Labute approximate surface area is 115 Å². The predicted octanol–water partition coefficient (Wildman–Crippen LogP) is 3.37. The zero-order chi connectivity index (χ0) is 12.5. The number of pyridine rings is 1. The van der Waals surface area contributed by atoms with E-state index in [1.165, 1.54) is 0 Å². The number of carbonyl (C=O) groups is 1. The molecule has 0 spiro atoms. The van der Waals surface area contributed by atoms with Crippen molar-refractivity contribution >= 4 is 33.4 Å². The number of hydrogen-bond donors (Lipinski definition) is 1. The Bertz CT molecular complexity index is 360. The Morgan fingerprint density at radius 2 is 2.06 bits per heavy atom. The van der Waals surface area contributed by atoms with Gasteiger partial charge >= 0.3 is 0 Å². The van der Waals surface area contributed by atoms with Crippen molar-refractivity contribution < 1.29 is 4.79 Å². The van der Waals surface area contributed by atoms with Gasteiger partial charge in [-0.15, -0.1) is 11.6 Å². The fraction of sp³-hybridized carbons (Fsp3) is 0.500. The number of alkyl halides is 1. The van der Waals surface area contributed by atoms with Crippen molar-refractivity contribution in [3.8, 4) is 0 Å². The van der Waals surface area contributed by atoms with Crippen LogP contribution >= 0.6 is 27.5 Å². The van der Waals surface area contributed by atoms with Crippen LogP contribution in [-0.4, -0.2) is 23.3 Å². The first-order valence-corrected chi connectivity index (χ1v) is 7.01. The molecule has 1 N–H and O–H groups in total. The van der Waals surface area contributed by atoms with Gasteiger partial charge in [-0.05, 0) is 34.8 Å². The van der Waals surface area contributed by atoms with Crippen LogP contribution in [0.25, 0.3) is 0 Å². The molecule has 0 saturated heterocycles. The molecule has 5 heteroatoms. The van der Waals surface area contributed by atoms with Gasteiger partial charge in [0, 0.05) is 29.3 Å². The molecule has 17 heavy (non-hydrogen) atoms. The third-order valence-corrected chi connectivity index (χ3v) is 3.01. The largest absolute Gasteiger partial charge is 0.352 e. The second-order valence-corrected chi connectivity index (χ2v) is 5.04. The van der Waals surface area contributed by atoms with E-state index in [9.17, 15) is 4.79 Å². The van der Waals surface area contributed by atoms with Gasteiger partial charge in [-0.3, -0.25) is 9.78 Å². The predicted molar refractivity (Wildman–Crippen MR) is 73.5 cm³/mol. The van der Waals surface area contributed by atoms with E-state index < -0.39 is 0 Å². The van der Waals surface area contributed by atoms with Crippen molar-refractivity contribution in [2.75, 3.05) is 12.4 Å². The highest BCUT2D eigenvalue weighted by Crippen LogP contribution is 2.09. The number of hydrogen-bond acceptors (Lipinski definition) is 2. The van der Waals surface area contributed by atoms with Gasteiger partial charge in [0.05, 0.1) is 5.56 Å². The van der Waals surface area contributed by atoms with Gasteiger partial charge in [0.2, 0.25) is 0 Å². The van der Waals surface area contributed by atoms with Crippen LogP contribution in [0.4, 0.5) is 0 Å². The summed E-state index contributed by atoms with van der Waals surface area (Å²) in [6.07, 6.45) is 7.48. The minimum atomic E-state index is -0.0730. The highest BCUT2D eigenvalue weighted by Gasteiger charge is 2.04. The number of nitrogens with one attached hydrogen (secondary N) is 1. The third-order valence-electron chi connectivity index (χ3n) is 2.31. The first-order valence-electron chi connectivity index (χ1n) is 5.69. The molecule has 0 radical (unpaired) electrons. The average molecular weight is 320 g/mol. The van der Waals surface area contributed by atoms with E-state index in [1.807, 2.05) is 0 Å². The first kappa shape index (κ1) is 14.5. The highest BCUT2D eigenvalue weighted by molar-refractivity contribution is 9.10. The Kier molecular flexibility index (Phi) is 7.21. The van der Waals surface area contributed by atoms with Crippen molar-refractivity contribution in [2.45, 2.75) is 25.7 Å². The molecule has 94 valence electrons. The van der Waals surface area contributed by atoms with E-state index in [2.05, 4.69) is 26.2 Å². The quantitative estimate of drug-likeness (QED) is 0.618. The number of nitrogens with zero attached hydrogens (tertiary/aromatic N) is 1. The van der Waals surface area contributed by atoms with Gasteiger partial charge in [0.1, 0.15) is 0 Å². The molecule has 1 amide bonds. The van der Waals surface area contributed by atoms with Crippen LogP contribution in [0.1, 0.15) is 36.0 Å². The molecule has 0 atom stereocenters. The average Bonchev–Trinajstić information content (AvgIpc) is 2.33. The molecule has 3 nitrogen and oxygen atoms in total. The van der Waals surface area contributed by atoms with Gasteiger partial charge in [-0.2, -0.15) is 0 Å². The van der Waals surface area contributed by atoms with Crippen molar-refractivity contribution in [3.05, 3.63) is 28.5 Å². The Hall–Kier alpha value is -0.610. The molecule has 0 aliphatic carbocycles. The lowest BCUT2D eigenvalue weighted by Crippen LogP contribution is -2.24. The number of carbonyl (C=O) groups excluding carboxylic acids is 1. The Balaban J connectivity index is 2.21. The maximum absolute atomic E-state index is 11.7. The van der Waals surface area contributed by atoms with E-state index >= 15 is 0 Å². The molecule has 1 rings (SSSR count). The molecule has 0 unspecified atom stereocenters. The Morgan fingerprint density at radius 1 is 1.29 bits per heavy atom. The monoisotopic (exact) mass is 318 g/mol. The molecule has 0 fully saturated rings. The summed E-state index contributed by atoms with van der Waals surface area (Å²) >= 11 is 8.86. The maximum Gasteiger partial charge on any atom is 0.252 e. The van der Waals surface area contributed by atoms with Crippen LogP contribution in [0.15, 0.2) is 22.9 Å². The molecular formula is C12H16BrClN2O. The number of amides is 1. The second-order valence-electron chi connectivity index (χ2n) is 3.75. The molecule has 0 aromatic carbocycles. The SMILES string of the molecule is O=C(NCCCCCCCl)c1cncc(Br)c1. The van der Waals surface area contributed by atoms with Crippen molar-refractivity contribution in [3.63, 3.8) is 0 Å². The molecule has 1 aromatic heterocycles. The first-order chi connectivity index (χ1) is 8.24. The zero-order valence-corrected chi connectivity index (χ0v) is 11.9. The zero-order valence-electron chi connectivity index (χ0n) is 9.59. The van der Waals surface area contributed by atoms with Crippen molar-refractivity contribution in [2.24, 2.45) is 0 Å². The lowest BCUT2D eigenvalue weighted by molar-refractivity contribution is 0.0952. The van der Waals surface area contributed by atoms with Gasteiger partial charge in [0.15, 0.2) is 0 Å². The van der Waals surface area contributed by atoms with Gasteiger partial charge in [-0.25, -0.2) is 0 Å². The van der Waals surface area contributed by atoms with Crippen molar-refractivity contribution in [1.29, 1.82) is 0 Å². The van der Waals surface area contributed by atoms with Crippen LogP contribution in [0.2, 0.25) is 0 Å². The van der Waals surface area contributed by atoms with E-state index in [1.54, 1.807) is 18.5 Å². The van der Waals surface area contributed by atoms with Crippen LogP contribution in [-0.2, 0) is 0 Å². The molecular weight excluding hydrogens is 304 g/mol. The van der Waals surface area contributed by atoms with Gasteiger partial charge in [-0.1, -0.05) is 12.8 Å². The summed E-state index contributed by atoms with van der Waals surface area (Å²) in [6.45, 7) is 0.702. The lowest BCUT2D eigenvalue weighted by Gasteiger charge is -2.04. The standard InChI is InChI=1S/C12H16BrClN2O/c13-11-7-10(8-15-9-11)12(17)16-6-4-2-1-3-5-14/h7-9H,1-6H2,(H,16,17). The molecule has 0 aliphatic heterocycles. The minimum absolute atomic E-state index is 0.0730. The summed E-state index contributed by atoms with van der Waals surface area (Å²) in [4.78, 5) is 15.6. The smallest absolute Gasteiger partial charge is 0.252 e. The summed E-state index contributed by atoms with van der Waals surface area (Å²) in [5.41, 5.74) is 0.583. The van der Waals surface area contributed by atoms with Crippen LogP contribution in [0.3, 0.4) is 0 Å². The van der Waals surface area contributed by atoms with E-state index in [0.717, 1.165) is 36.0 Å². The number of rotatable bonds is 7. The van der Waals surface area contributed by atoms with E-state index in [0.29, 0.717) is 12.1 Å². The summed E-state index contributed by atoms with van der Waals surface area (Å²) in [5, 5.41) is 2.87. The maximum atomic E-state index is 11.7. The Morgan fingerprint density at radius 3 is 2.76 bits per heavy atom. The topological polar surface area (TPSA) is 42.0 Å². The van der Waals surface area contributed by atoms with E-state index in [-0.39, 0.29) is 5.91 Å². The minimum Gasteiger partial charge on any atom is -0.352 e. The highest BCUT2D eigenvalue weighted by atomic mass is 79.9. The summed E-state index contributed by atoms with van der Waals surface area (Å²) in [7, 11) is 0. The summed E-state index contributed by atoms with van der Waals surface area (Å²) < 4.78 is 0.812.